The van der Waals surface area contributed by atoms with Gasteiger partial charge in [-0.05, 0) is 60.0 Å². The number of nitrogens with zero attached hydrogens (tertiary/aromatic N) is 1. The van der Waals surface area contributed by atoms with Crippen molar-refractivity contribution < 1.29 is 63.2 Å². The highest BCUT2D eigenvalue weighted by Gasteiger charge is 2.52. The van der Waals surface area contributed by atoms with Crippen LogP contribution in [0.2, 0.25) is 0 Å². The fourth-order valence-corrected chi connectivity index (χ4v) is 7.23. The standard InChI is InChI=1S/C36H61NO13/c1-20-17-24(15-16-38)32(33(44-8)26(40)18-27(41)46-21(2)13-11-10-12-14-25(20)39)50-35-30(42)29(37(6)7)31(22(3)48-35)49-28-19-36(5,45-9)34(43)23(4)47-28/h10-12,14,16,20-26,28-35,39-40,42-43H,13,15,17-19H2,1-9H3/b11-10+,14-12+/t20-,21-,22-,23+,24+,25+,26-,28+,29-,30-,31-,32+,33+,34+,35+,36-/m1/s1. The van der Waals surface area contributed by atoms with Crippen molar-refractivity contribution in [3.05, 3.63) is 24.3 Å². The van der Waals surface area contributed by atoms with Gasteiger partial charge in [0.2, 0.25) is 0 Å². The van der Waals surface area contributed by atoms with E-state index in [1.165, 1.54) is 14.2 Å². The predicted molar refractivity (Wildman–Crippen MR) is 182 cm³/mol. The Hall–Kier alpha value is -1.82. The van der Waals surface area contributed by atoms with Gasteiger partial charge in [0.05, 0.1) is 48.6 Å². The molecule has 3 rings (SSSR count). The third kappa shape index (κ3) is 10.9. The number of likely N-dealkylation sites (N-methyl/N-ethyl adjacent to an activating group) is 1. The van der Waals surface area contributed by atoms with E-state index in [1.54, 1.807) is 64.9 Å². The third-order valence-electron chi connectivity index (χ3n) is 10.3. The Morgan fingerprint density at radius 1 is 0.980 bits per heavy atom. The minimum atomic E-state index is -1.41. The maximum atomic E-state index is 12.8. The summed E-state index contributed by atoms with van der Waals surface area (Å²) in [6.45, 7) is 8.88. The van der Waals surface area contributed by atoms with Crippen LogP contribution in [0.1, 0.15) is 66.7 Å². The molecule has 0 radical (unpaired) electrons. The van der Waals surface area contributed by atoms with Crippen molar-refractivity contribution in [1.29, 1.82) is 0 Å². The molecule has 2 saturated heterocycles. The first-order valence-electron chi connectivity index (χ1n) is 17.6. The predicted octanol–water partition coefficient (Wildman–Crippen LogP) is 1.50. The van der Waals surface area contributed by atoms with E-state index in [9.17, 15) is 30.0 Å². The van der Waals surface area contributed by atoms with Crippen LogP contribution in [0.3, 0.4) is 0 Å². The van der Waals surface area contributed by atoms with Crippen molar-refractivity contribution in [2.45, 2.75) is 152 Å². The third-order valence-corrected chi connectivity index (χ3v) is 10.3. The number of esters is 1. The molecule has 16 atom stereocenters. The minimum Gasteiger partial charge on any atom is -0.462 e. The maximum absolute atomic E-state index is 12.8. The first kappa shape index (κ1) is 42.6. The van der Waals surface area contributed by atoms with Crippen LogP contribution in [0.4, 0.5) is 0 Å². The van der Waals surface area contributed by atoms with Crippen LogP contribution in [-0.2, 0) is 42.7 Å². The van der Waals surface area contributed by atoms with Gasteiger partial charge in [-0.3, -0.25) is 4.79 Å². The van der Waals surface area contributed by atoms with E-state index in [4.69, 9.17) is 33.2 Å². The number of carbonyl (C=O) groups is 2. The maximum Gasteiger partial charge on any atom is 0.308 e. The zero-order valence-electron chi connectivity index (χ0n) is 31.0. The second kappa shape index (κ2) is 19.3. The van der Waals surface area contributed by atoms with Gasteiger partial charge in [0.15, 0.2) is 12.6 Å². The van der Waals surface area contributed by atoms with Crippen molar-refractivity contribution in [2.24, 2.45) is 11.8 Å². The summed E-state index contributed by atoms with van der Waals surface area (Å²) in [6.07, 6.45) is -2.96. The van der Waals surface area contributed by atoms with Crippen molar-refractivity contribution in [2.75, 3.05) is 28.3 Å². The molecule has 0 amide bonds. The normalized spacial score (nSPS) is 45.5. The monoisotopic (exact) mass is 715 g/mol. The zero-order chi connectivity index (χ0) is 37.3. The first-order valence-corrected chi connectivity index (χ1v) is 17.6. The Bertz CT molecular complexity index is 1120. The highest BCUT2D eigenvalue weighted by molar-refractivity contribution is 5.70. The molecule has 3 aliphatic heterocycles. The molecule has 3 aliphatic rings. The Balaban J connectivity index is 1.95. The van der Waals surface area contributed by atoms with Crippen LogP contribution in [0.25, 0.3) is 0 Å². The molecule has 0 bridgehead atoms. The molecule has 0 unspecified atom stereocenters. The zero-order valence-corrected chi connectivity index (χ0v) is 31.0. The fraction of sp³-hybridized carbons (Fsp3) is 0.833. The summed E-state index contributed by atoms with van der Waals surface area (Å²) >= 11 is 0. The molecule has 0 saturated carbocycles. The molecule has 50 heavy (non-hydrogen) atoms. The number of allylic oxidation sites excluding steroid dienone is 2. The number of ether oxygens (including phenoxy) is 7. The highest BCUT2D eigenvalue weighted by Crippen LogP contribution is 2.37. The summed E-state index contributed by atoms with van der Waals surface area (Å²) < 4.78 is 42.2. The Morgan fingerprint density at radius 2 is 1.68 bits per heavy atom. The van der Waals surface area contributed by atoms with Crippen LogP contribution < -0.4 is 0 Å². The van der Waals surface area contributed by atoms with Gasteiger partial charge in [0.25, 0.3) is 0 Å². The number of hydrogen-bond donors (Lipinski definition) is 4. The Kier molecular flexibility index (Phi) is 16.5. The average molecular weight is 716 g/mol. The van der Waals surface area contributed by atoms with Crippen molar-refractivity contribution in [3.8, 4) is 0 Å². The molecule has 288 valence electrons. The summed E-state index contributed by atoms with van der Waals surface area (Å²) in [5.41, 5.74) is -0.922. The van der Waals surface area contributed by atoms with Gasteiger partial charge in [0, 0.05) is 33.5 Å². The van der Waals surface area contributed by atoms with E-state index < -0.39 is 104 Å². The Morgan fingerprint density at radius 3 is 2.30 bits per heavy atom. The fourth-order valence-electron chi connectivity index (χ4n) is 7.23. The molecule has 14 nitrogen and oxygen atoms in total. The van der Waals surface area contributed by atoms with Crippen LogP contribution >= 0.6 is 0 Å². The van der Waals surface area contributed by atoms with Gasteiger partial charge in [-0.1, -0.05) is 31.2 Å². The number of methoxy groups -OCH3 is 2. The summed E-state index contributed by atoms with van der Waals surface area (Å²) in [6, 6.07) is -0.680. The summed E-state index contributed by atoms with van der Waals surface area (Å²) in [5.74, 6) is -1.61. The molecule has 14 heteroatoms. The molecule has 4 N–H and O–H groups in total. The summed E-state index contributed by atoms with van der Waals surface area (Å²) in [5, 5.41) is 44.9. The topological polar surface area (TPSA) is 183 Å². The van der Waals surface area contributed by atoms with Gasteiger partial charge in [-0.25, -0.2) is 0 Å². The summed E-state index contributed by atoms with van der Waals surface area (Å²) in [7, 11) is 6.46. The van der Waals surface area contributed by atoms with E-state index in [-0.39, 0.29) is 25.2 Å². The van der Waals surface area contributed by atoms with Gasteiger partial charge < -0.3 is 63.3 Å². The number of aldehydes is 1. The van der Waals surface area contributed by atoms with Gasteiger partial charge >= 0.3 is 5.97 Å². The molecule has 0 aromatic heterocycles. The number of rotatable bonds is 9. The van der Waals surface area contributed by atoms with Crippen molar-refractivity contribution in [1.82, 2.24) is 4.90 Å². The number of carbonyl (C=O) groups excluding carboxylic acids is 2. The lowest BCUT2D eigenvalue weighted by Crippen LogP contribution is -2.65. The Labute approximate surface area is 296 Å². The SMILES string of the molecule is CO[C@@H]1[C@@H](O[C@@H]2O[C@H](C)[C@@H](O[C@H]3C[C@@](C)(OC)[C@@H](O)[C@H](C)O3)[C@H](N(C)C)[C@H]2O)[C@@H](CC=O)C[C@@H](C)[C@@H](O)/C=C/C=C/C[C@@H](C)OC(=O)C[C@H]1O. The molecule has 0 aliphatic carbocycles. The lowest BCUT2D eigenvalue weighted by molar-refractivity contribution is -0.345. The molecule has 0 aromatic rings. The van der Waals surface area contributed by atoms with Gasteiger partial charge in [-0.15, -0.1) is 0 Å². The number of cyclic esters (lactones) is 1. The first-order chi connectivity index (χ1) is 23.6. The quantitative estimate of drug-likeness (QED) is 0.199. The van der Waals surface area contributed by atoms with Crippen LogP contribution in [0.5, 0.6) is 0 Å². The van der Waals surface area contributed by atoms with Crippen molar-refractivity contribution >= 4 is 12.3 Å². The highest BCUT2D eigenvalue weighted by atomic mass is 16.7. The largest absolute Gasteiger partial charge is 0.462 e. The van der Waals surface area contributed by atoms with Gasteiger partial charge in [0.1, 0.15) is 36.8 Å². The smallest absolute Gasteiger partial charge is 0.308 e. The molecule has 0 aromatic carbocycles. The lowest BCUT2D eigenvalue weighted by atomic mass is 9.82. The van der Waals surface area contributed by atoms with Crippen LogP contribution in [-0.4, -0.2) is 151 Å². The number of aliphatic hydroxyl groups is 4. The van der Waals surface area contributed by atoms with Gasteiger partial charge in [-0.2, -0.15) is 0 Å². The minimum absolute atomic E-state index is 0.0259. The van der Waals surface area contributed by atoms with E-state index in [0.29, 0.717) is 6.42 Å². The molecule has 0 spiro atoms. The van der Waals surface area contributed by atoms with E-state index in [1.807, 2.05) is 13.0 Å². The second-order valence-corrected chi connectivity index (χ2v) is 14.5. The summed E-state index contributed by atoms with van der Waals surface area (Å²) in [4.78, 5) is 26.7. The van der Waals surface area contributed by atoms with Crippen molar-refractivity contribution in [3.63, 3.8) is 0 Å². The van der Waals surface area contributed by atoms with Crippen LogP contribution in [0, 0.1) is 11.8 Å². The van der Waals surface area contributed by atoms with E-state index >= 15 is 0 Å². The molecular formula is C36H61NO13. The molecule has 3 heterocycles. The number of aliphatic hydroxyl groups excluding tert-OH is 4. The molecule has 2 fully saturated rings. The molecular weight excluding hydrogens is 654 g/mol. The number of hydrogen-bond acceptors (Lipinski definition) is 14. The van der Waals surface area contributed by atoms with Crippen LogP contribution in [0.15, 0.2) is 24.3 Å². The van der Waals surface area contributed by atoms with E-state index in [0.717, 1.165) is 6.29 Å². The average Bonchev–Trinajstić information content (AvgIpc) is 3.04. The lowest BCUT2D eigenvalue weighted by Gasteiger charge is -2.50. The second-order valence-electron chi connectivity index (χ2n) is 14.5. The van der Waals surface area contributed by atoms with E-state index in [2.05, 4.69) is 0 Å².